The fraction of sp³-hybridized carbons (Fsp3) is 0.500. The van der Waals surface area contributed by atoms with Crippen LogP contribution in [0.15, 0.2) is 24.3 Å². The van der Waals surface area contributed by atoms with E-state index in [1.165, 1.54) is 7.05 Å². The zero-order chi connectivity index (χ0) is 16.7. The number of imide groups is 1. The lowest BCUT2D eigenvalue weighted by molar-refractivity contribution is -0.120. The maximum Gasteiger partial charge on any atom is 0.321 e. The Morgan fingerprint density at radius 3 is 2.96 bits per heavy atom. The molecule has 1 saturated heterocycles. The van der Waals surface area contributed by atoms with Gasteiger partial charge in [-0.05, 0) is 31.9 Å². The van der Waals surface area contributed by atoms with Crippen molar-refractivity contribution in [2.24, 2.45) is 0 Å². The SMILES string of the molecule is CNC(=O)NC(=O)[C@H](C)Nc1cccc(OC[C@@H]2CCCO2)c1. The van der Waals surface area contributed by atoms with Crippen molar-refractivity contribution in [3.05, 3.63) is 24.3 Å². The quantitative estimate of drug-likeness (QED) is 0.739. The van der Waals surface area contributed by atoms with Crippen molar-refractivity contribution in [3.63, 3.8) is 0 Å². The van der Waals surface area contributed by atoms with Crippen LogP contribution in [0.4, 0.5) is 10.5 Å². The molecular weight excluding hydrogens is 298 g/mol. The lowest BCUT2D eigenvalue weighted by Gasteiger charge is -2.16. The van der Waals surface area contributed by atoms with Crippen LogP contribution in [-0.4, -0.2) is 44.3 Å². The molecule has 0 bridgehead atoms. The van der Waals surface area contributed by atoms with Crippen LogP contribution in [0.3, 0.4) is 0 Å². The number of anilines is 1. The second-order valence-corrected chi connectivity index (χ2v) is 5.41. The Morgan fingerprint density at radius 2 is 2.26 bits per heavy atom. The summed E-state index contributed by atoms with van der Waals surface area (Å²) in [6.07, 6.45) is 2.26. The molecule has 1 heterocycles. The Bertz CT molecular complexity index is 544. The zero-order valence-corrected chi connectivity index (χ0v) is 13.4. The van der Waals surface area contributed by atoms with Gasteiger partial charge in [0.25, 0.3) is 0 Å². The normalized spacial score (nSPS) is 18.1. The van der Waals surface area contributed by atoms with Crippen LogP contribution in [0, 0.1) is 0 Å². The van der Waals surface area contributed by atoms with Gasteiger partial charge >= 0.3 is 6.03 Å². The zero-order valence-electron chi connectivity index (χ0n) is 13.4. The standard InChI is InChI=1S/C16H23N3O4/c1-11(15(20)19-16(21)17-2)18-12-5-3-6-13(9-12)23-10-14-7-4-8-22-14/h3,5-6,9,11,14,18H,4,7-8,10H2,1-2H3,(H2,17,19,20,21)/t11-,14-/m0/s1. The van der Waals surface area contributed by atoms with Gasteiger partial charge in [-0.3, -0.25) is 10.1 Å². The summed E-state index contributed by atoms with van der Waals surface area (Å²) in [4.78, 5) is 23.0. The van der Waals surface area contributed by atoms with Crippen molar-refractivity contribution >= 4 is 17.6 Å². The molecule has 7 nitrogen and oxygen atoms in total. The third-order valence-electron chi connectivity index (χ3n) is 3.53. The average molecular weight is 321 g/mol. The molecule has 7 heteroatoms. The number of hydrogen-bond donors (Lipinski definition) is 3. The van der Waals surface area contributed by atoms with Crippen molar-refractivity contribution in [3.8, 4) is 5.75 Å². The molecule has 3 N–H and O–H groups in total. The Kier molecular flexibility index (Phi) is 6.22. The first-order valence-electron chi connectivity index (χ1n) is 7.72. The summed E-state index contributed by atoms with van der Waals surface area (Å²) in [5.74, 6) is 0.305. The molecule has 0 spiro atoms. The minimum atomic E-state index is -0.555. The second kappa shape index (κ2) is 8.38. The van der Waals surface area contributed by atoms with Crippen LogP contribution in [0.25, 0.3) is 0 Å². The number of benzene rings is 1. The molecule has 0 saturated carbocycles. The molecule has 1 aliphatic rings. The maximum absolute atomic E-state index is 11.8. The fourth-order valence-electron chi connectivity index (χ4n) is 2.24. The molecule has 23 heavy (non-hydrogen) atoms. The highest BCUT2D eigenvalue weighted by Gasteiger charge is 2.17. The Labute approximate surface area is 135 Å². The molecule has 1 aromatic carbocycles. The summed E-state index contributed by atoms with van der Waals surface area (Å²) >= 11 is 0. The first kappa shape index (κ1) is 17.1. The number of rotatable bonds is 6. The highest BCUT2D eigenvalue weighted by molar-refractivity contribution is 5.97. The smallest absolute Gasteiger partial charge is 0.321 e. The van der Waals surface area contributed by atoms with E-state index in [2.05, 4.69) is 16.0 Å². The monoisotopic (exact) mass is 321 g/mol. The van der Waals surface area contributed by atoms with Crippen molar-refractivity contribution in [1.29, 1.82) is 0 Å². The van der Waals surface area contributed by atoms with Crippen LogP contribution in [-0.2, 0) is 9.53 Å². The predicted octanol–water partition coefficient (Wildman–Crippen LogP) is 1.50. The van der Waals surface area contributed by atoms with E-state index < -0.39 is 18.0 Å². The highest BCUT2D eigenvalue weighted by Crippen LogP contribution is 2.20. The summed E-state index contributed by atoms with van der Waals surface area (Å²) in [5.41, 5.74) is 0.745. The number of hydrogen-bond acceptors (Lipinski definition) is 5. The van der Waals surface area contributed by atoms with Gasteiger partial charge in [0.15, 0.2) is 0 Å². The van der Waals surface area contributed by atoms with E-state index in [4.69, 9.17) is 9.47 Å². The van der Waals surface area contributed by atoms with E-state index in [1.54, 1.807) is 6.92 Å². The molecule has 2 rings (SSSR count). The van der Waals surface area contributed by atoms with Crippen LogP contribution >= 0.6 is 0 Å². The molecule has 0 radical (unpaired) electrons. The van der Waals surface area contributed by atoms with E-state index in [9.17, 15) is 9.59 Å². The van der Waals surface area contributed by atoms with Gasteiger partial charge in [0.05, 0.1) is 6.10 Å². The first-order valence-corrected chi connectivity index (χ1v) is 7.72. The molecule has 1 fully saturated rings. The van der Waals surface area contributed by atoms with Gasteiger partial charge in [0.2, 0.25) is 5.91 Å². The Hall–Kier alpha value is -2.28. The number of carbonyl (C=O) groups excluding carboxylic acids is 2. The van der Waals surface area contributed by atoms with Crippen molar-refractivity contribution in [1.82, 2.24) is 10.6 Å². The van der Waals surface area contributed by atoms with Gasteiger partial charge in [-0.25, -0.2) is 4.79 Å². The van der Waals surface area contributed by atoms with Gasteiger partial charge in [0, 0.05) is 25.4 Å². The third kappa shape index (κ3) is 5.45. The summed E-state index contributed by atoms with van der Waals surface area (Å²) in [6.45, 7) is 3.00. The van der Waals surface area contributed by atoms with Crippen molar-refractivity contribution < 1.29 is 19.1 Å². The number of urea groups is 1. The van der Waals surface area contributed by atoms with E-state index in [-0.39, 0.29) is 6.10 Å². The molecule has 126 valence electrons. The van der Waals surface area contributed by atoms with Crippen LogP contribution in [0.1, 0.15) is 19.8 Å². The van der Waals surface area contributed by atoms with E-state index >= 15 is 0 Å². The largest absolute Gasteiger partial charge is 0.491 e. The van der Waals surface area contributed by atoms with Gasteiger partial charge in [-0.2, -0.15) is 0 Å². The molecule has 1 aliphatic heterocycles. The minimum absolute atomic E-state index is 0.156. The molecule has 2 atom stereocenters. The maximum atomic E-state index is 11.8. The van der Waals surface area contributed by atoms with Gasteiger partial charge < -0.3 is 20.1 Å². The summed E-state index contributed by atoms with van der Waals surface area (Å²) in [5, 5.41) is 7.60. The highest BCUT2D eigenvalue weighted by atomic mass is 16.5. The molecule has 3 amide bonds. The van der Waals surface area contributed by atoms with Crippen LogP contribution in [0.5, 0.6) is 5.75 Å². The number of nitrogens with one attached hydrogen (secondary N) is 3. The summed E-state index contributed by atoms with van der Waals surface area (Å²) in [6, 6.07) is 6.27. The average Bonchev–Trinajstić information content (AvgIpc) is 3.06. The van der Waals surface area contributed by atoms with Gasteiger partial charge in [-0.1, -0.05) is 6.07 Å². The molecule has 0 unspecified atom stereocenters. The van der Waals surface area contributed by atoms with Gasteiger partial charge in [0.1, 0.15) is 18.4 Å². The number of ether oxygens (including phenoxy) is 2. The predicted molar refractivity (Wildman–Crippen MR) is 86.6 cm³/mol. The van der Waals surface area contributed by atoms with Gasteiger partial charge in [-0.15, -0.1) is 0 Å². The summed E-state index contributed by atoms with van der Waals surface area (Å²) < 4.78 is 11.2. The third-order valence-corrected chi connectivity index (χ3v) is 3.53. The lowest BCUT2D eigenvalue weighted by Crippen LogP contribution is -2.44. The van der Waals surface area contributed by atoms with E-state index in [1.807, 2.05) is 24.3 Å². The minimum Gasteiger partial charge on any atom is -0.491 e. The Balaban J connectivity index is 1.85. The van der Waals surface area contributed by atoms with Crippen molar-refractivity contribution in [2.75, 3.05) is 25.6 Å². The van der Waals surface area contributed by atoms with Crippen LogP contribution in [0.2, 0.25) is 0 Å². The molecule has 0 aliphatic carbocycles. The lowest BCUT2D eigenvalue weighted by atomic mass is 10.2. The number of carbonyl (C=O) groups is 2. The first-order chi connectivity index (χ1) is 11.1. The molecular formula is C16H23N3O4. The van der Waals surface area contributed by atoms with Crippen LogP contribution < -0.4 is 20.7 Å². The molecule has 0 aromatic heterocycles. The molecule has 1 aromatic rings. The number of amides is 3. The second-order valence-electron chi connectivity index (χ2n) is 5.41. The topological polar surface area (TPSA) is 88.7 Å². The Morgan fingerprint density at radius 1 is 1.43 bits per heavy atom. The van der Waals surface area contributed by atoms with E-state index in [0.717, 1.165) is 25.1 Å². The summed E-state index contributed by atoms with van der Waals surface area (Å²) in [7, 11) is 1.45. The van der Waals surface area contributed by atoms with E-state index in [0.29, 0.717) is 12.4 Å². The van der Waals surface area contributed by atoms with Crippen molar-refractivity contribution in [2.45, 2.75) is 31.9 Å². The fourth-order valence-corrected chi connectivity index (χ4v) is 2.24.